The molecule has 6 heteroatoms. The maximum atomic E-state index is 13.4. The number of carbonyl (C=O) groups excluding carboxylic acids is 2. The van der Waals surface area contributed by atoms with Crippen molar-refractivity contribution in [3.63, 3.8) is 0 Å². The van der Waals surface area contributed by atoms with Gasteiger partial charge in [-0.05, 0) is 37.3 Å². The smallest absolute Gasteiger partial charge is 0.337 e. The van der Waals surface area contributed by atoms with Crippen molar-refractivity contribution in [2.24, 2.45) is 0 Å². The second-order valence-electron chi connectivity index (χ2n) is 7.62. The Kier molecular flexibility index (Phi) is 4.28. The number of aromatic amines is 1. The van der Waals surface area contributed by atoms with E-state index in [4.69, 9.17) is 4.74 Å². The third-order valence-electron chi connectivity index (χ3n) is 5.83. The van der Waals surface area contributed by atoms with E-state index in [0.717, 1.165) is 45.2 Å². The van der Waals surface area contributed by atoms with Crippen LogP contribution in [0.15, 0.2) is 48.5 Å². The van der Waals surface area contributed by atoms with Gasteiger partial charge < -0.3 is 14.6 Å². The number of hydrogen-bond donors (Lipinski definition) is 1. The van der Waals surface area contributed by atoms with Gasteiger partial charge in [-0.15, -0.1) is 0 Å². The van der Waals surface area contributed by atoms with Gasteiger partial charge in [0.05, 0.1) is 29.4 Å². The summed E-state index contributed by atoms with van der Waals surface area (Å²) in [6.07, 6.45) is 0.739. The third kappa shape index (κ3) is 2.92. The molecule has 30 heavy (non-hydrogen) atoms. The average Bonchev–Trinajstić information content (AvgIpc) is 3.14. The predicted molar refractivity (Wildman–Crippen MR) is 115 cm³/mol. The van der Waals surface area contributed by atoms with E-state index in [0.29, 0.717) is 24.2 Å². The van der Waals surface area contributed by atoms with Crippen molar-refractivity contribution in [3.8, 4) is 0 Å². The molecule has 0 atom stereocenters. The van der Waals surface area contributed by atoms with Crippen LogP contribution in [0.25, 0.3) is 21.8 Å². The Morgan fingerprint density at radius 2 is 1.97 bits per heavy atom. The number of aromatic nitrogens is 2. The molecular formula is C24H21N3O3. The van der Waals surface area contributed by atoms with E-state index in [2.05, 4.69) is 9.97 Å². The molecule has 1 amide bonds. The number of benzene rings is 2. The number of esters is 1. The Morgan fingerprint density at radius 3 is 2.80 bits per heavy atom. The van der Waals surface area contributed by atoms with Crippen LogP contribution < -0.4 is 0 Å². The zero-order valence-electron chi connectivity index (χ0n) is 16.9. The quantitative estimate of drug-likeness (QED) is 0.517. The lowest BCUT2D eigenvalue weighted by Crippen LogP contribution is -2.36. The van der Waals surface area contributed by atoms with Crippen LogP contribution in [0.5, 0.6) is 0 Å². The lowest BCUT2D eigenvalue weighted by Gasteiger charge is -2.28. The molecule has 150 valence electrons. The van der Waals surface area contributed by atoms with Crippen LogP contribution in [0.4, 0.5) is 0 Å². The van der Waals surface area contributed by atoms with Gasteiger partial charge in [-0.3, -0.25) is 9.78 Å². The highest BCUT2D eigenvalue weighted by Crippen LogP contribution is 2.30. The van der Waals surface area contributed by atoms with Gasteiger partial charge >= 0.3 is 5.97 Å². The van der Waals surface area contributed by atoms with Gasteiger partial charge in [0.2, 0.25) is 0 Å². The maximum absolute atomic E-state index is 13.4. The van der Waals surface area contributed by atoms with E-state index < -0.39 is 0 Å². The Bertz CT molecular complexity index is 1320. The first-order chi connectivity index (χ1) is 14.5. The molecule has 0 spiro atoms. The number of para-hydroxylation sites is 1. The van der Waals surface area contributed by atoms with Crippen LogP contribution in [0.1, 0.15) is 37.7 Å². The zero-order chi connectivity index (χ0) is 20.8. The monoisotopic (exact) mass is 399 g/mol. The predicted octanol–water partition coefficient (Wildman–Crippen LogP) is 4.01. The standard InChI is InChI=1S/C24H21N3O3/c1-14-17(11-15-5-3-4-6-20(15)25-14)23(28)27-10-9-22-19(13-27)18-12-16(24(29)30-2)7-8-21(18)26-22/h3-8,11-12,26H,9-10,13H2,1-2H3. The van der Waals surface area contributed by atoms with Crippen LogP contribution >= 0.6 is 0 Å². The molecule has 0 unspecified atom stereocenters. The first-order valence-corrected chi connectivity index (χ1v) is 9.92. The van der Waals surface area contributed by atoms with Gasteiger partial charge in [0, 0.05) is 47.1 Å². The molecule has 1 aliphatic heterocycles. The molecule has 1 aliphatic rings. The number of aryl methyl sites for hydroxylation is 1. The first-order valence-electron chi connectivity index (χ1n) is 9.92. The molecule has 2 aromatic heterocycles. The summed E-state index contributed by atoms with van der Waals surface area (Å²) in [6, 6.07) is 15.2. The van der Waals surface area contributed by atoms with Crippen molar-refractivity contribution in [2.45, 2.75) is 19.9 Å². The Labute approximate surface area is 173 Å². The SMILES string of the molecule is COC(=O)c1ccc2[nH]c3c(c2c1)CN(C(=O)c1cc2ccccc2nc1C)CC3. The summed E-state index contributed by atoms with van der Waals surface area (Å²) in [5, 5.41) is 1.91. The molecule has 4 aromatic rings. The number of nitrogens with zero attached hydrogens (tertiary/aromatic N) is 2. The van der Waals surface area contributed by atoms with Crippen LogP contribution in [0.3, 0.4) is 0 Å². The number of fused-ring (bicyclic) bond motifs is 4. The molecule has 3 heterocycles. The molecule has 0 aliphatic carbocycles. The van der Waals surface area contributed by atoms with E-state index in [1.165, 1.54) is 7.11 Å². The highest BCUT2D eigenvalue weighted by Gasteiger charge is 2.26. The Balaban J connectivity index is 1.51. The first kappa shape index (κ1) is 18.4. The van der Waals surface area contributed by atoms with Crippen LogP contribution in [-0.4, -0.2) is 40.4 Å². The van der Waals surface area contributed by atoms with Crippen molar-refractivity contribution in [2.75, 3.05) is 13.7 Å². The zero-order valence-corrected chi connectivity index (χ0v) is 16.9. The molecule has 0 bridgehead atoms. The number of methoxy groups -OCH3 is 1. The van der Waals surface area contributed by atoms with Crippen molar-refractivity contribution < 1.29 is 14.3 Å². The maximum Gasteiger partial charge on any atom is 0.337 e. The number of H-pyrrole nitrogens is 1. The normalized spacial score (nSPS) is 13.5. The second-order valence-corrected chi connectivity index (χ2v) is 7.62. The summed E-state index contributed by atoms with van der Waals surface area (Å²) < 4.78 is 4.85. The fourth-order valence-electron chi connectivity index (χ4n) is 4.23. The van der Waals surface area contributed by atoms with E-state index in [-0.39, 0.29) is 11.9 Å². The minimum absolute atomic E-state index is 0.0186. The molecule has 0 radical (unpaired) electrons. The Hall–Kier alpha value is -3.67. The fraction of sp³-hybridized carbons (Fsp3) is 0.208. The number of pyridine rings is 1. The van der Waals surface area contributed by atoms with E-state index >= 15 is 0 Å². The van der Waals surface area contributed by atoms with Gasteiger partial charge in [0.1, 0.15) is 0 Å². The summed E-state index contributed by atoms with van der Waals surface area (Å²) in [6.45, 7) is 3.00. The molecular weight excluding hydrogens is 378 g/mol. The van der Waals surface area contributed by atoms with E-state index in [1.807, 2.05) is 54.3 Å². The number of amides is 1. The second kappa shape index (κ2) is 6.99. The highest BCUT2D eigenvalue weighted by atomic mass is 16.5. The van der Waals surface area contributed by atoms with Crippen LogP contribution in [0, 0.1) is 6.92 Å². The number of nitrogens with one attached hydrogen (secondary N) is 1. The van der Waals surface area contributed by atoms with Crippen LogP contribution in [0.2, 0.25) is 0 Å². The summed E-state index contributed by atoms with van der Waals surface area (Å²) in [5.74, 6) is -0.386. The third-order valence-corrected chi connectivity index (χ3v) is 5.83. The fourth-order valence-corrected chi connectivity index (χ4v) is 4.23. The lowest BCUT2D eigenvalue weighted by molar-refractivity contribution is 0.0600. The number of carbonyl (C=O) groups is 2. The molecule has 0 fully saturated rings. The van der Waals surface area contributed by atoms with Crippen molar-refractivity contribution >= 4 is 33.7 Å². The van der Waals surface area contributed by atoms with Crippen molar-refractivity contribution in [3.05, 3.63) is 76.6 Å². The molecule has 2 aromatic carbocycles. The van der Waals surface area contributed by atoms with E-state index in [1.54, 1.807) is 6.07 Å². The molecule has 1 N–H and O–H groups in total. The van der Waals surface area contributed by atoms with Gasteiger partial charge in [0.25, 0.3) is 5.91 Å². The summed E-state index contributed by atoms with van der Waals surface area (Å²) >= 11 is 0. The van der Waals surface area contributed by atoms with Crippen molar-refractivity contribution in [1.82, 2.24) is 14.9 Å². The largest absolute Gasteiger partial charge is 0.465 e. The minimum Gasteiger partial charge on any atom is -0.465 e. The summed E-state index contributed by atoms with van der Waals surface area (Å²) in [5.41, 5.74) is 5.89. The van der Waals surface area contributed by atoms with Gasteiger partial charge in [-0.1, -0.05) is 18.2 Å². The highest BCUT2D eigenvalue weighted by molar-refractivity contribution is 6.00. The number of hydrogen-bond acceptors (Lipinski definition) is 4. The molecule has 6 nitrogen and oxygen atoms in total. The lowest BCUT2D eigenvalue weighted by atomic mass is 10.0. The van der Waals surface area contributed by atoms with Gasteiger partial charge in [-0.2, -0.15) is 0 Å². The van der Waals surface area contributed by atoms with Gasteiger partial charge in [-0.25, -0.2) is 4.79 Å². The van der Waals surface area contributed by atoms with E-state index in [9.17, 15) is 9.59 Å². The summed E-state index contributed by atoms with van der Waals surface area (Å²) in [4.78, 5) is 35.2. The molecule has 5 rings (SSSR count). The summed E-state index contributed by atoms with van der Waals surface area (Å²) in [7, 11) is 1.37. The minimum atomic E-state index is -0.367. The Morgan fingerprint density at radius 1 is 1.13 bits per heavy atom. The number of rotatable bonds is 2. The van der Waals surface area contributed by atoms with Gasteiger partial charge in [0.15, 0.2) is 0 Å². The molecule has 0 saturated carbocycles. The average molecular weight is 399 g/mol. The van der Waals surface area contributed by atoms with Crippen molar-refractivity contribution in [1.29, 1.82) is 0 Å². The topological polar surface area (TPSA) is 75.3 Å². The van der Waals surface area contributed by atoms with Crippen LogP contribution in [-0.2, 0) is 17.7 Å². The molecule has 0 saturated heterocycles. The number of ether oxygens (including phenoxy) is 1.